The average molecular weight is 458 g/mol. The number of nitrogens with two attached hydrogens (primary N) is 1. The van der Waals surface area contributed by atoms with Crippen LogP contribution in [0.15, 0.2) is 39.9 Å². The molecule has 0 saturated carbocycles. The minimum atomic E-state index is -0.708. The maximum atomic E-state index is 13.5. The Morgan fingerprint density at radius 2 is 2.00 bits per heavy atom. The minimum Gasteiger partial charge on any atom is -0.385 e. The number of nitrogen functional groups attached to an aromatic ring is 1. The number of nitrogens with one attached hydrogen (secondary N) is 1. The fraction of sp³-hybridized carbons (Fsp3) is 0.364. The summed E-state index contributed by atoms with van der Waals surface area (Å²) in [5.74, 6) is -0.441. The number of aryl methyl sites for hydroxylation is 2. The molecule has 32 heavy (non-hydrogen) atoms. The number of aromatic amines is 1. The molecular formula is C22H27N5O4S. The lowest BCUT2D eigenvalue weighted by molar-refractivity contribution is 0.0986. The summed E-state index contributed by atoms with van der Waals surface area (Å²) in [5, 5.41) is 0.832. The molecule has 9 nitrogen and oxygen atoms in total. The van der Waals surface area contributed by atoms with Crippen LogP contribution >= 0.6 is 11.3 Å². The molecular weight excluding hydrogens is 430 g/mol. The summed E-state index contributed by atoms with van der Waals surface area (Å²) in [5.41, 5.74) is 6.37. The molecule has 0 saturated heterocycles. The van der Waals surface area contributed by atoms with Gasteiger partial charge in [-0.05, 0) is 25.3 Å². The molecule has 0 unspecified atom stereocenters. The Balaban J connectivity index is 2.10. The Morgan fingerprint density at radius 1 is 1.28 bits per heavy atom. The summed E-state index contributed by atoms with van der Waals surface area (Å²) < 4.78 is 6.38. The molecule has 0 bridgehead atoms. The third kappa shape index (κ3) is 4.97. The minimum absolute atomic E-state index is 0.0486. The lowest BCUT2D eigenvalue weighted by Gasteiger charge is -2.24. The summed E-state index contributed by atoms with van der Waals surface area (Å²) in [4.78, 5) is 47.4. The number of nitrogens with zero attached hydrogens (tertiary/aromatic N) is 3. The van der Waals surface area contributed by atoms with Crippen molar-refractivity contribution in [1.82, 2.24) is 14.5 Å². The largest absolute Gasteiger partial charge is 0.385 e. The van der Waals surface area contributed by atoms with E-state index in [1.807, 2.05) is 37.3 Å². The van der Waals surface area contributed by atoms with Gasteiger partial charge < -0.3 is 10.5 Å². The van der Waals surface area contributed by atoms with Gasteiger partial charge in [0.2, 0.25) is 0 Å². The van der Waals surface area contributed by atoms with Gasteiger partial charge in [0.15, 0.2) is 5.69 Å². The van der Waals surface area contributed by atoms with Crippen LogP contribution < -0.4 is 21.9 Å². The summed E-state index contributed by atoms with van der Waals surface area (Å²) in [6, 6.07) is 9.27. The van der Waals surface area contributed by atoms with Crippen LogP contribution in [0.4, 0.5) is 11.5 Å². The molecule has 0 fully saturated rings. The molecule has 3 N–H and O–H groups in total. The van der Waals surface area contributed by atoms with E-state index >= 15 is 0 Å². The van der Waals surface area contributed by atoms with Crippen LogP contribution in [0.1, 0.15) is 39.3 Å². The van der Waals surface area contributed by atoms with Crippen molar-refractivity contribution in [3.05, 3.63) is 72.3 Å². The van der Waals surface area contributed by atoms with E-state index in [0.717, 1.165) is 10.6 Å². The molecule has 2 aromatic heterocycles. The summed E-state index contributed by atoms with van der Waals surface area (Å²) in [6.07, 6.45) is 1.19. The molecule has 10 heteroatoms. The van der Waals surface area contributed by atoms with Crippen molar-refractivity contribution in [2.45, 2.75) is 33.2 Å². The number of methoxy groups -OCH3 is 1. The van der Waals surface area contributed by atoms with E-state index in [2.05, 4.69) is 9.97 Å². The van der Waals surface area contributed by atoms with Gasteiger partial charge in [0, 0.05) is 20.3 Å². The first kappa shape index (κ1) is 23.4. The molecule has 0 aliphatic carbocycles. The number of benzene rings is 1. The topological polar surface area (TPSA) is 123 Å². The quantitative estimate of drug-likeness (QED) is 0.475. The van der Waals surface area contributed by atoms with E-state index in [1.54, 1.807) is 14.0 Å². The standard InChI is InChI=1S/C22H27N5O4S/c1-4-16-24-14(2)18(32-16)21(29)26(11-8-12-31-3)17-19(23)27(22(30)25-20(17)28)13-15-9-6-5-7-10-15/h5-7,9-10H,4,8,11-13,23H2,1-3H3,(H,25,28,30). The lowest BCUT2D eigenvalue weighted by atomic mass is 10.2. The first-order valence-corrected chi connectivity index (χ1v) is 11.1. The number of aromatic nitrogens is 3. The van der Waals surface area contributed by atoms with Crippen molar-refractivity contribution < 1.29 is 9.53 Å². The highest BCUT2D eigenvalue weighted by atomic mass is 32.1. The fourth-order valence-electron chi connectivity index (χ4n) is 3.37. The second kappa shape index (κ2) is 10.4. The molecule has 2 heterocycles. The maximum Gasteiger partial charge on any atom is 0.330 e. The van der Waals surface area contributed by atoms with Crippen molar-refractivity contribution in [1.29, 1.82) is 0 Å². The van der Waals surface area contributed by atoms with E-state index in [1.165, 1.54) is 20.8 Å². The van der Waals surface area contributed by atoms with E-state index in [9.17, 15) is 14.4 Å². The third-order valence-corrected chi connectivity index (χ3v) is 6.27. The Bertz CT molecular complexity index is 1200. The highest BCUT2D eigenvalue weighted by Crippen LogP contribution is 2.25. The second-order valence-electron chi connectivity index (χ2n) is 7.24. The van der Waals surface area contributed by atoms with Gasteiger partial charge in [-0.3, -0.25) is 24.0 Å². The number of carbonyl (C=O) groups is 1. The van der Waals surface area contributed by atoms with Gasteiger partial charge in [-0.15, -0.1) is 11.3 Å². The first-order valence-electron chi connectivity index (χ1n) is 10.3. The van der Waals surface area contributed by atoms with Crippen molar-refractivity contribution in [2.24, 2.45) is 0 Å². The Kier molecular flexibility index (Phi) is 7.60. The highest BCUT2D eigenvalue weighted by molar-refractivity contribution is 7.13. The van der Waals surface area contributed by atoms with Crippen molar-refractivity contribution in [2.75, 3.05) is 30.9 Å². The number of anilines is 2. The average Bonchev–Trinajstić information content (AvgIpc) is 3.16. The molecule has 0 aliphatic heterocycles. The van der Waals surface area contributed by atoms with E-state index < -0.39 is 11.2 Å². The molecule has 3 rings (SSSR count). The van der Waals surface area contributed by atoms with Gasteiger partial charge in [0.1, 0.15) is 10.7 Å². The van der Waals surface area contributed by atoms with Crippen LogP contribution in [0.3, 0.4) is 0 Å². The van der Waals surface area contributed by atoms with Crippen LogP contribution in [0.5, 0.6) is 0 Å². The molecule has 0 atom stereocenters. The van der Waals surface area contributed by atoms with Crippen LogP contribution in [0.2, 0.25) is 0 Å². The van der Waals surface area contributed by atoms with Gasteiger partial charge in [0.25, 0.3) is 11.5 Å². The van der Waals surface area contributed by atoms with Crippen LogP contribution in [-0.2, 0) is 17.7 Å². The molecule has 170 valence electrons. The monoisotopic (exact) mass is 457 g/mol. The normalized spacial score (nSPS) is 11.0. The number of carbonyl (C=O) groups excluding carboxylic acids is 1. The van der Waals surface area contributed by atoms with Crippen LogP contribution in [-0.4, -0.2) is 40.7 Å². The van der Waals surface area contributed by atoms with Crippen molar-refractivity contribution in [3.8, 4) is 0 Å². The fourth-order valence-corrected chi connectivity index (χ4v) is 4.32. The molecule has 0 spiro atoms. The Labute approximate surface area is 189 Å². The second-order valence-corrected chi connectivity index (χ2v) is 8.33. The molecule has 0 aliphatic rings. The third-order valence-electron chi connectivity index (χ3n) is 4.98. The van der Waals surface area contributed by atoms with Crippen molar-refractivity contribution in [3.63, 3.8) is 0 Å². The number of rotatable bonds is 9. The van der Waals surface area contributed by atoms with E-state index in [-0.39, 0.29) is 30.5 Å². The predicted molar refractivity (Wildman–Crippen MR) is 126 cm³/mol. The van der Waals surface area contributed by atoms with Gasteiger partial charge in [-0.1, -0.05) is 37.3 Å². The molecule has 1 aromatic carbocycles. The summed E-state index contributed by atoms with van der Waals surface area (Å²) in [6.45, 7) is 4.48. The number of amides is 1. The molecule has 0 radical (unpaired) electrons. The Hall–Kier alpha value is -3.24. The summed E-state index contributed by atoms with van der Waals surface area (Å²) >= 11 is 1.30. The number of thiazole rings is 1. The number of hydrogen-bond acceptors (Lipinski definition) is 7. The zero-order chi connectivity index (χ0) is 23.3. The van der Waals surface area contributed by atoms with Gasteiger partial charge in [-0.2, -0.15) is 0 Å². The lowest BCUT2D eigenvalue weighted by Crippen LogP contribution is -2.42. The SMILES string of the molecule is CCc1nc(C)c(C(=O)N(CCCOC)c2c(N)n(Cc3ccccc3)c(=O)[nH]c2=O)s1. The smallest absolute Gasteiger partial charge is 0.330 e. The van der Waals surface area contributed by atoms with Gasteiger partial charge in [0.05, 0.1) is 17.2 Å². The van der Waals surface area contributed by atoms with Gasteiger partial charge in [-0.25, -0.2) is 9.78 Å². The van der Waals surface area contributed by atoms with Crippen LogP contribution in [0.25, 0.3) is 0 Å². The number of ether oxygens (including phenoxy) is 1. The van der Waals surface area contributed by atoms with E-state index in [0.29, 0.717) is 30.0 Å². The number of hydrogen-bond donors (Lipinski definition) is 2. The van der Waals surface area contributed by atoms with Gasteiger partial charge >= 0.3 is 5.69 Å². The molecule has 1 amide bonds. The first-order chi connectivity index (χ1) is 15.4. The summed E-state index contributed by atoms with van der Waals surface area (Å²) in [7, 11) is 1.56. The Morgan fingerprint density at radius 3 is 2.62 bits per heavy atom. The van der Waals surface area contributed by atoms with Crippen LogP contribution in [0, 0.1) is 6.92 Å². The maximum absolute atomic E-state index is 13.5. The zero-order valence-electron chi connectivity index (χ0n) is 18.4. The predicted octanol–water partition coefficient (Wildman–Crippen LogP) is 2.18. The number of H-pyrrole nitrogens is 1. The highest BCUT2D eigenvalue weighted by Gasteiger charge is 2.28. The van der Waals surface area contributed by atoms with E-state index in [4.69, 9.17) is 10.5 Å². The molecule has 3 aromatic rings. The van der Waals surface area contributed by atoms with Crippen molar-refractivity contribution >= 4 is 28.7 Å². The zero-order valence-corrected chi connectivity index (χ0v) is 19.2.